The Kier molecular flexibility index (Phi) is 4.33. The van der Waals surface area contributed by atoms with Crippen molar-refractivity contribution in [3.05, 3.63) is 65.9 Å². The van der Waals surface area contributed by atoms with E-state index in [4.69, 9.17) is 9.15 Å². The SMILES string of the molecule is CCOC(=O)N(C)c1c(C(=O)c2ccccc2)oc2ccccc12. The molecule has 0 bridgehead atoms. The lowest BCUT2D eigenvalue weighted by Gasteiger charge is -2.16. The highest BCUT2D eigenvalue weighted by Gasteiger charge is 2.27. The van der Waals surface area contributed by atoms with Crippen molar-refractivity contribution in [2.45, 2.75) is 6.92 Å². The van der Waals surface area contributed by atoms with Crippen LogP contribution < -0.4 is 4.90 Å². The third kappa shape index (κ3) is 2.76. The molecule has 3 rings (SSSR count). The normalized spacial score (nSPS) is 10.6. The molecule has 0 fully saturated rings. The maximum absolute atomic E-state index is 12.8. The number of furan rings is 1. The van der Waals surface area contributed by atoms with Crippen LogP contribution in [0.3, 0.4) is 0 Å². The minimum Gasteiger partial charge on any atom is -0.450 e. The zero-order valence-corrected chi connectivity index (χ0v) is 13.5. The number of carbonyl (C=O) groups excluding carboxylic acids is 2. The molecule has 2 aromatic carbocycles. The predicted octanol–water partition coefficient (Wildman–Crippen LogP) is 4.26. The Bertz CT molecular complexity index is 883. The lowest BCUT2D eigenvalue weighted by Crippen LogP contribution is -2.28. The Morgan fingerprint density at radius 2 is 1.71 bits per heavy atom. The number of para-hydroxylation sites is 1. The molecular formula is C19H17NO4. The number of carbonyl (C=O) groups is 2. The number of nitrogens with zero attached hydrogens (tertiary/aromatic N) is 1. The molecule has 0 atom stereocenters. The predicted molar refractivity (Wildman–Crippen MR) is 91.5 cm³/mol. The van der Waals surface area contributed by atoms with Crippen LogP contribution in [0, 0.1) is 0 Å². The first-order valence-electron chi connectivity index (χ1n) is 7.65. The molecule has 0 unspecified atom stereocenters. The summed E-state index contributed by atoms with van der Waals surface area (Å²) in [6.07, 6.45) is -0.536. The van der Waals surface area contributed by atoms with E-state index in [0.29, 0.717) is 22.2 Å². The summed E-state index contributed by atoms with van der Waals surface area (Å²) < 4.78 is 10.8. The van der Waals surface area contributed by atoms with Crippen molar-refractivity contribution in [1.29, 1.82) is 0 Å². The zero-order chi connectivity index (χ0) is 17.1. The highest BCUT2D eigenvalue weighted by atomic mass is 16.6. The van der Waals surface area contributed by atoms with Crippen molar-refractivity contribution in [2.24, 2.45) is 0 Å². The number of hydrogen-bond donors (Lipinski definition) is 0. The first kappa shape index (κ1) is 15.8. The first-order chi connectivity index (χ1) is 11.6. The molecule has 1 amide bonds. The molecule has 5 heteroatoms. The van der Waals surface area contributed by atoms with Gasteiger partial charge in [-0.25, -0.2) is 4.79 Å². The average molecular weight is 323 g/mol. The molecule has 0 saturated carbocycles. The van der Waals surface area contributed by atoms with Crippen LogP contribution in [0.25, 0.3) is 11.0 Å². The van der Waals surface area contributed by atoms with Gasteiger partial charge in [-0.1, -0.05) is 42.5 Å². The molecule has 24 heavy (non-hydrogen) atoms. The fourth-order valence-electron chi connectivity index (χ4n) is 2.55. The highest BCUT2D eigenvalue weighted by Crippen LogP contribution is 2.35. The summed E-state index contributed by atoms with van der Waals surface area (Å²) in [6.45, 7) is 1.98. The molecule has 0 radical (unpaired) electrons. The lowest BCUT2D eigenvalue weighted by molar-refractivity contribution is 0.101. The minimum absolute atomic E-state index is 0.123. The molecule has 0 spiro atoms. The molecule has 0 N–H and O–H groups in total. The fraction of sp³-hybridized carbons (Fsp3) is 0.158. The molecule has 122 valence electrons. The summed E-state index contributed by atoms with van der Waals surface area (Å²) in [7, 11) is 1.57. The van der Waals surface area contributed by atoms with Crippen LogP contribution >= 0.6 is 0 Å². The van der Waals surface area contributed by atoms with Crippen LogP contribution in [0.5, 0.6) is 0 Å². The van der Waals surface area contributed by atoms with Gasteiger partial charge in [0.1, 0.15) is 11.3 Å². The van der Waals surface area contributed by atoms with Crippen molar-refractivity contribution in [3.8, 4) is 0 Å². The lowest BCUT2D eigenvalue weighted by atomic mass is 10.1. The van der Waals surface area contributed by atoms with Crippen LogP contribution in [-0.2, 0) is 4.74 Å². The Morgan fingerprint density at radius 1 is 1.04 bits per heavy atom. The number of amides is 1. The van der Waals surface area contributed by atoms with Gasteiger partial charge in [0.2, 0.25) is 5.78 Å². The van der Waals surface area contributed by atoms with Crippen LogP contribution in [0.4, 0.5) is 10.5 Å². The number of anilines is 1. The topological polar surface area (TPSA) is 59.8 Å². The van der Waals surface area contributed by atoms with Crippen molar-refractivity contribution in [3.63, 3.8) is 0 Å². The van der Waals surface area contributed by atoms with E-state index in [1.165, 1.54) is 4.90 Å². The molecule has 0 aliphatic heterocycles. The van der Waals surface area contributed by atoms with Crippen molar-refractivity contribution in [2.75, 3.05) is 18.6 Å². The summed E-state index contributed by atoms with van der Waals surface area (Å²) in [5.74, 6) is -0.157. The number of rotatable bonds is 4. The van der Waals surface area contributed by atoms with Crippen LogP contribution in [-0.4, -0.2) is 25.5 Å². The second-order valence-electron chi connectivity index (χ2n) is 5.23. The number of hydrogen-bond acceptors (Lipinski definition) is 4. The highest BCUT2D eigenvalue weighted by molar-refractivity contribution is 6.17. The van der Waals surface area contributed by atoms with Gasteiger partial charge < -0.3 is 9.15 Å². The molecule has 3 aromatic rings. The average Bonchev–Trinajstić information content (AvgIpc) is 3.00. The third-order valence-electron chi connectivity index (χ3n) is 3.69. The maximum atomic E-state index is 12.8. The van der Waals surface area contributed by atoms with Crippen LogP contribution in [0.1, 0.15) is 23.0 Å². The van der Waals surface area contributed by atoms with E-state index in [0.717, 1.165) is 0 Å². The van der Waals surface area contributed by atoms with Gasteiger partial charge in [-0.3, -0.25) is 9.69 Å². The summed E-state index contributed by atoms with van der Waals surface area (Å²) in [5.41, 5.74) is 1.45. The smallest absolute Gasteiger partial charge is 0.414 e. The van der Waals surface area contributed by atoms with Crippen LogP contribution in [0.15, 0.2) is 59.0 Å². The Morgan fingerprint density at radius 3 is 2.42 bits per heavy atom. The fourth-order valence-corrected chi connectivity index (χ4v) is 2.55. The van der Waals surface area contributed by atoms with Crippen molar-refractivity contribution < 1.29 is 18.7 Å². The van der Waals surface area contributed by atoms with Gasteiger partial charge in [-0.15, -0.1) is 0 Å². The number of benzene rings is 2. The molecule has 0 aliphatic rings. The summed E-state index contributed by atoms with van der Waals surface area (Å²) in [4.78, 5) is 26.3. The molecule has 5 nitrogen and oxygen atoms in total. The standard InChI is InChI=1S/C19H17NO4/c1-3-23-19(22)20(2)16-14-11-7-8-12-15(14)24-18(16)17(21)13-9-5-4-6-10-13/h4-12H,3H2,1-2H3. The van der Waals surface area contributed by atoms with Crippen LogP contribution in [0.2, 0.25) is 0 Å². The maximum Gasteiger partial charge on any atom is 0.414 e. The van der Waals surface area contributed by atoms with E-state index in [1.54, 1.807) is 44.3 Å². The van der Waals surface area contributed by atoms with Gasteiger partial charge in [0, 0.05) is 18.0 Å². The van der Waals surface area contributed by atoms with Gasteiger partial charge >= 0.3 is 6.09 Å². The van der Waals surface area contributed by atoms with Gasteiger partial charge in [0.25, 0.3) is 0 Å². The molecule has 0 saturated heterocycles. The Labute approximate surface area is 139 Å². The van der Waals surface area contributed by atoms with E-state index in [2.05, 4.69) is 0 Å². The quantitative estimate of drug-likeness (QED) is 0.673. The van der Waals surface area contributed by atoms with E-state index in [1.807, 2.05) is 24.3 Å². The third-order valence-corrected chi connectivity index (χ3v) is 3.69. The first-order valence-corrected chi connectivity index (χ1v) is 7.65. The van der Waals surface area contributed by atoms with Crippen molar-refractivity contribution >= 4 is 28.5 Å². The van der Waals surface area contributed by atoms with Gasteiger partial charge in [-0.2, -0.15) is 0 Å². The summed E-state index contributed by atoms with van der Waals surface area (Å²) >= 11 is 0. The molecular weight excluding hydrogens is 306 g/mol. The van der Waals surface area contributed by atoms with Crippen molar-refractivity contribution in [1.82, 2.24) is 0 Å². The number of fused-ring (bicyclic) bond motifs is 1. The molecule has 0 aliphatic carbocycles. The summed E-state index contributed by atoms with van der Waals surface area (Å²) in [6, 6.07) is 16.0. The zero-order valence-electron chi connectivity index (χ0n) is 13.5. The molecule has 1 heterocycles. The Hall–Kier alpha value is -3.08. The monoisotopic (exact) mass is 323 g/mol. The summed E-state index contributed by atoms with van der Waals surface area (Å²) in [5, 5.41) is 0.687. The van der Waals surface area contributed by atoms with Gasteiger partial charge in [0.15, 0.2) is 5.76 Å². The minimum atomic E-state index is -0.536. The largest absolute Gasteiger partial charge is 0.450 e. The Balaban J connectivity index is 2.15. The van der Waals surface area contributed by atoms with Gasteiger partial charge in [-0.05, 0) is 19.1 Å². The second kappa shape index (κ2) is 6.58. The van der Waals surface area contributed by atoms with E-state index >= 15 is 0 Å². The van der Waals surface area contributed by atoms with E-state index in [-0.39, 0.29) is 18.2 Å². The second-order valence-corrected chi connectivity index (χ2v) is 5.23. The van der Waals surface area contributed by atoms with E-state index in [9.17, 15) is 9.59 Å². The molecule has 1 aromatic heterocycles. The number of ketones is 1. The van der Waals surface area contributed by atoms with E-state index < -0.39 is 6.09 Å². The van der Waals surface area contributed by atoms with Gasteiger partial charge in [0.05, 0.1) is 6.61 Å². The number of ether oxygens (including phenoxy) is 1.